The van der Waals surface area contributed by atoms with Gasteiger partial charge in [0.05, 0.1) is 0 Å². The molecule has 0 bridgehead atoms. The van der Waals surface area contributed by atoms with Gasteiger partial charge in [-0.25, -0.2) is 0 Å². The van der Waals surface area contributed by atoms with Crippen LogP contribution in [0.25, 0.3) is 0 Å². The summed E-state index contributed by atoms with van der Waals surface area (Å²) in [6.07, 6.45) is 0. The minimum atomic E-state index is -2.48. The molecule has 0 rings (SSSR count). The predicted octanol–water partition coefficient (Wildman–Crippen LogP) is 1.73. The first-order valence-electron chi connectivity index (χ1n) is 1.24. The van der Waals surface area contributed by atoms with Gasteiger partial charge in [0, 0.05) is 4.57 Å². The van der Waals surface area contributed by atoms with E-state index in [1.165, 1.54) is 0 Å². The molecular formula is CH2Br2O3P+. The summed E-state index contributed by atoms with van der Waals surface area (Å²) in [7, 11) is -2.48. The van der Waals surface area contributed by atoms with E-state index >= 15 is 0 Å². The van der Waals surface area contributed by atoms with Crippen LogP contribution in [0.3, 0.4) is 0 Å². The molecule has 42 valence electrons. The van der Waals surface area contributed by atoms with Crippen LogP contribution in [0.15, 0.2) is 0 Å². The van der Waals surface area contributed by atoms with Crippen LogP contribution >= 0.6 is 40.1 Å². The first-order chi connectivity index (χ1) is 3.13. The molecule has 7 heavy (non-hydrogen) atoms. The summed E-state index contributed by atoms with van der Waals surface area (Å²) >= 11 is 5.65. The second kappa shape index (κ2) is 3.92. The second-order valence-electron chi connectivity index (χ2n) is 0.604. The molecule has 0 aromatic heterocycles. The van der Waals surface area contributed by atoms with Gasteiger partial charge in [-0.15, -0.1) is 4.89 Å². The lowest BCUT2D eigenvalue weighted by Gasteiger charge is -1.81. The molecule has 0 saturated carbocycles. The molecule has 3 nitrogen and oxygen atoms in total. The van der Waals surface area contributed by atoms with Gasteiger partial charge in [0.1, 0.15) is 0 Å². The standard InChI is InChI=1S/CHBr2O3P/c2-1(3)6-7(4)5/h1H/p+1. The molecule has 0 heterocycles. The van der Waals surface area contributed by atoms with Gasteiger partial charge < -0.3 is 0 Å². The van der Waals surface area contributed by atoms with Crippen molar-refractivity contribution in [2.75, 3.05) is 0 Å². The van der Waals surface area contributed by atoms with E-state index in [-0.39, 0.29) is 0 Å². The Morgan fingerprint density at radius 1 is 1.71 bits per heavy atom. The summed E-state index contributed by atoms with van der Waals surface area (Å²) in [5, 5.41) is 0. The molecule has 0 aliphatic heterocycles. The highest BCUT2D eigenvalue weighted by atomic mass is 79.9. The van der Waals surface area contributed by atoms with Gasteiger partial charge in [0.25, 0.3) is 0 Å². The molecule has 0 amide bonds. The average molecular weight is 253 g/mol. The van der Waals surface area contributed by atoms with E-state index in [9.17, 15) is 4.57 Å². The van der Waals surface area contributed by atoms with Crippen molar-refractivity contribution in [3.63, 3.8) is 0 Å². The molecule has 0 aromatic rings. The highest BCUT2D eigenvalue weighted by molar-refractivity contribution is 9.24. The van der Waals surface area contributed by atoms with Gasteiger partial charge in [-0.2, -0.15) is 0 Å². The molecular weight excluding hydrogens is 251 g/mol. The van der Waals surface area contributed by atoms with Crippen molar-refractivity contribution in [2.24, 2.45) is 0 Å². The minimum absolute atomic E-state index is 0.534. The summed E-state index contributed by atoms with van der Waals surface area (Å²) in [4.78, 5) is 7.95. The van der Waals surface area contributed by atoms with Crippen LogP contribution in [0.4, 0.5) is 0 Å². The van der Waals surface area contributed by atoms with E-state index < -0.39 is 12.2 Å². The number of halogens is 2. The SMILES string of the molecule is O=[P+](O)OC(Br)Br. The normalized spacial score (nSPS) is 12.3. The van der Waals surface area contributed by atoms with Crippen LogP contribution in [-0.2, 0) is 9.09 Å². The van der Waals surface area contributed by atoms with Crippen LogP contribution < -0.4 is 0 Å². The molecule has 0 aromatic carbocycles. The van der Waals surface area contributed by atoms with Crippen molar-refractivity contribution in [2.45, 2.75) is 3.92 Å². The Kier molecular flexibility index (Phi) is 4.47. The van der Waals surface area contributed by atoms with Crippen molar-refractivity contribution < 1.29 is 14.0 Å². The Labute approximate surface area is 58.3 Å². The maximum atomic E-state index is 9.68. The van der Waals surface area contributed by atoms with E-state index in [4.69, 9.17) is 4.89 Å². The van der Waals surface area contributed by atoms with Gasteiger partial charge in [0.15, 0.2) is 0 Å². The molecule has 0 saturated heterocycles. The molecule has 0 fully saturated rings. The minimum Gasteiger partial charge on any atom is -0.133 e. The first-order valence-corrected chi connectivity index (χ1v) is 4.20. The first kappa shape index (κ1) is 7.98. The fourth-order valence-corrected chi connectivity index (χ4v) is 1.06. The zero-order valence-electron chi connectivity index (χ0n) is 3.04. The van der Waals surface area contributed by atoms with E-state index in [2.05, 4.69) is 36.4 Å². The highest BCUT2D eigenvalue weighted by Crippen LogP contribution is 2.24. The number of hydrogen-bond acceptors (Lipinski definition) is 2. The molecule has 0 spiro atoms. The Morgan fingerprint density at radius 3 is 2.14 bits per heavy atom. The van der Waals surface area contributed by atoms with E-state index in [1.54, 1.807) is 0 Å². The Bertz CT molecular complexity index is 73.3. The van der Waals surface area contributed by atoms with Crippen LogP contribution in [0, 0.1) is 0 Å². The van der Waals surface area contributed by atoms with E-state index in [0.717, 1.165) is 0 Å². The predicted molar refractivity (Wildman–Crippen MR) is 32.6 cm³/mol. The largest absolute Gasteiger partial charge is 0.696 e. The van der Waals surface area contributed by atoms with Gasteiger partial charge in [-0.05, 0) is 31.9 Å². The van der Waals surface area contributed by atoms with Crippen molar-refractivity contribution in [1.82, 2.24) is 0 Å². The summed E-state index contributed by atoms with van der Waals surface area (Å²) < 4.78 is 13.3. The highest BCUT2D eigenvalue weighted by Gasteiger charge is 2.16. The quantitative estimate of drug-likeness (QED) is 0.602. The van der Waals surface area contributed by atoms with Crippen molar-refractivity contribution in [1.29, 1.82) is 0 Å². The lowest BCUT2D eigenvalue weighted by molar-refractivity contribution is 0.321. The molecule has 0 aliphatic rings. The molecule has 6 heteroatoms. The van der Waals surface area contributed by atoms with Crippen LogP contribution in [0.2, 0.25) is 0 Å². The smallest absolute Gasteiger partial charge is 0.133 e. The van der Waals surface area contributed by atoms with Gasteiger partial charge >= 0.3 is 8.25 Å². The fourth-order valence-electron chi connectivity index (χ4n) is 0.0682. The topological polar surface area (TPSA) is 46.5 Å². The Hall–Kier alpha value is 0.980. The Balaban J connectivity index is 3.13. The zero-order chi connectivity index (χ0) is 5.86. The van der Waals surface area contributed by atoms with Crippen molar-refractivity contribution in [3.05, 3.63) is 0 Å². The number of alkyl halides is 2. The third-order valence-electron chi connectivity index (χ3n) is 0.170. The summed E-state index contributed by atoms with van der Waals surface area (Å²) in [6, 6.07) is 0. The average Bonchev–Trinajstić information content (AvgIpc) is 1.27. The van der Waals surface area contributed by atoms with Crippen LogP contribution in [-0.4, -0.2) is 8.82 Å². The van der Waals surface area contributed by atoms with Gasteiger partial charge in [0.2, 0.25) is 3.92 Å². The second-order valence-corrected chi connectivity index (χ2v) is 4.18. The molecule has 1 unspecified atom stereocenters. The monoisotopic (exact) mass is 251 g/mol. The van der Waals surface area contributed by atoms with Gasteiger partial charge in [-0.3, -0.25) is 0 Å². The molecule has 0 radical (unpaired) electrons. The third-order valence-corrected chi connectivity index (χ3v) is 1.51. The molecule has 1 atom stereocenters. The van der Waals surface area contributed by atoms with Crippen LogP contribution in [0.1, 0.15) is 0 Å². The summed E-state index contributed by atoms with van der Waals surface area (Å²) in [6.45, 7) is 0. The lowest BCUT2D eigenvalue weighted by Crippen LogP contribution is -1.81. The Morgan fingerprint density at radius 2 is 2.14 bits per heavy atom. The van der Waals surface area contributed by atoms with Gasteiger partial charge in [-0.1, -0.05) is 4.52 Å². The van der Waals surface area contributed by atoms with Crippen LogP contribution in [0.5, 0.6) is 0 Å². The maximum absolute atomic E-state index is 9.68. The summed E-state index contributed by atoms with van der Waals surface area (Å²) in [5.74, 6) is 0. The van der Waals surface area contributed by atoms with Crippen molar-refractivity contribution in [3.8, 4) is 0 Å². The zero-order valence-corrected chi connectivity index (χ0v) is 7.11. The van der Waals surface area contributed by atoms with E-state index in [0.29, 0.717) is 0 Å². The fraction of sp³-hybridized carbons (Fsp3) is 1.00. The molecule has 0 aliphatic carbocycles. The number of hydrogen-bond donors (Lipinski definition) is 1. The van der Waals surface area contributed by atoms with E-state index in [1.807, 2.05) is 0 Å². The lowest BCUT2D eigenvalue weighted by atomic mass is 11.7. The molecule has 1 N–H and O–H groups in total. The summed E-state index contributed by atoms with van der Waals surface area (Å²) in [5.41, 5.74) is 0. The maximum Gasteiger partial charge on any atom is 0.696 e. The number of rotatable bonds is 2. The van der Waals surface area contributed by atoms with Crippen molar-refractivity contribution >= 4 is 40.1 Å². The third kappa shape index (κ3) is 6.98.